The number of rotatable bonds is 12. The summed E-state index contributed by atoms with van der Waals surface area (Å²) in [6.07, 6.45) is 13.5. The lowest BCUT2D eigenvalue weighted by molar-refractivity contribution is 0.407. The van der Waals surface area contributed by atoms with Crippen molar-refractivity contribution in [2.24, 2.45) is 5.73 Å². The first-order chi connectivity index (χ1) is 15.1. The molecule has 1 aliphatic rings. The maximum atomic E-state index is 6.34. The molecule has 1 unspecified atom stereocenters. The largest absolute Gasteiger partial charge is 0.379 e. The van der Waals surface area contributed by atoms with E-state index in [0.29, 0.717) is 0 Å². The third kappa shape index (κ3) is 7.42. The van der Waals surface area contributed by atoms with Crippen LogP contribution in [0.2, 0.25) is 0 Å². The van der Waals surface area contributed by atoms with Crippen molar-refractivity contribution in [1.29, 1.82) is 0 Å². The van der Waals surface area contributed by atoms with Gasteiger partial charge in [0.15, 0.2) is 0 Å². The average Bonchev–Trinajstić information content (AvgIpc) is 2.76. The van der Waals surface area contributed by atoms with Gasteiger partial charge in [0.1, 0.15) is 0 Å². The van der Waals surface area contributed by atoms with Crippen LogP contribution in [0, 0.1) is 0 Å². The number of aryl methyl sites for hydroxylation is 1. The maximum absolute atomic E-state index is 6.34. The summed E-state index contributed by atoms with van der Waals surface area (Å²) in [5.41, 5.74) is 12.6. The van der Waals surface area contributed by atoms with E-state index in [1.54, 1.807) is 0 Å². The van der Waals surface area contributed by atoms with Crippen LogP contribution in [-0.2, 0) is 6.42 Å². The van der Waals surface area contributed by atoms with E-state index in [4.69, 9.17) is 5.73 Å². The first-order valence-corrected chi connectivity index (χ1v) is 11.6. The Morgan fingerprint density at radius 3 is 2.44 bits per heavy atom. The van der Waals surface area contributed by atoms with Gasteiger partial charge in [-0.25, -0.2) is 0 Å². The number of hydrogen-bond donors (Lipinski definition) is 2. The molecule has 0 radical (unpaired) electrons. The van der Waals surface area contributed by atoms with E-state index in [0.717, 1.165) is 49.2 Å². The number of benzene rings is 1. The van der Waals surface area contributed by atoms with Gasteiger partial charge in [-0.1, -0.05) is 61.2 Å². The second kappa shape index (κ2) is 11.7. The highest BCUT2D eigenvalue weighted by molar-refractivity contribution is 5.38. The van der Waals surface area contributed by atoms with E-state index in [9.17, 15) is 0 Å². The van der Waals surface area contributed by atoms with Crippen molar-refractivity contribution in [1.82, 2.24) is 10.2 Å². The fraction of sp³-hybridized carbons (Fsp3) is 0.379. The van der Waals surface area contributed by atoms with Crippen LogP contribution in [0.15, 0.2) is 103 Å². The minimum absolute atomic E-state index is 0.0312. The van der Waals surface area contributed by atoms with Gasteiger partial charge in [-0.3, -0.25) is 0 Å². The SMILES string of the molecule is C=C(C)CCC1=CC=C/C(=C/C)N1C(=C)C(CCCc1ccccc1)NC(=C)C(C)(C)N. The van der Waals surface area contributed by atoms with Crippen molar-refractivity contribution < 1.29 is 0 Å². The van der Waals surface area contributed by atoms with E-state index in [-0.39, 0.29) is 6.04 Å². The van der Waals surface area contributed by atoms with Crippen LogP contribution in [-0.4, -0.2) is 16.5 Å². The van der Waals surface area contributed by atoms with Crippen molar-refractivity contribution in [3.8, 4) is 0 Å². The molecule has 0 fully saturated rings. The highest BCUT2D eigenvalue weighted by atomic mass is 15.2. The lowest BCUT2D eigenvalue weighted by Crippen LogP contribution is -2.46. The smallest absolute Gasteiger partial charge is 0.0660 e. The molecule has 0 bridgehead atoms. The number of hydrogen-bond acceptors (Lipinski definition) is 3. The molecular weight excluding hydrogens is 390 g/mol. The minimum atomic E-state index is -0.512. The monoisotopic (exact) mass is 431 g/mol. The van der Waals surface area contributed by atoms with E-state index in [1.807, 2.05) is 13.8 Å². The quantitative estimate of drug-likeness (QED) is 0.360. The molecule has 1 aromatic carbocycles. The number of nitrogens with one attached hydrogen (secondary N) is 1. The summed E-state index contributed by atoms with van der Waals surface area (Å²) >= 11 is 0. The van der Waals surface area contributed by atoms with Gasteiger partial charge in [-0.2, -0.15) is 0 Å². The number of allylic oxidation sites excluding steroid dienone is 6. The van der Waals surface area contributed by atoms with Gasteiger partial charge >= 0.3 is 0 Å². The van der Waals surface area contributed by atoms with Crippen LogP contribution in [0.5, 0.6) is 0 Å². The molecule has 3 nitrogen and oxygen atoms in total. The fourth-order valence-corrected chi connectivity index (χ4v) is 3.71. The summed E-state index contributed by atoms with van der Waals surface area (Å²) in [4.78, 5) is 2.29. The molecule has 0 amide bonds. The van der Waals surface area contributed by atoms with Gasteiger partial charge in [-0.05, 0) is 77.5 Å². The van der Waals surface area contributed by atoms with Crippen LogP contribution in [0.25, 0.3) is 0 Å². The predicted octanol–water partition coefficient (Wildman–Crippen LogP) is 6.75. The van der Waals surface area contributed by atoms with E-state index in [1.165, 1.54) is 16.8 Å². The van der Waals surface area contributed by atoms with Gasteiger partial charge in [0, 0.05) is 28.3 Å². The molecule has 1 aliphatic heterocycles. The van der Waals surface area contributed by atoms with E-state index in [2.05, 4.69) is 98.4 Å². The Bertz CT molecular complexity index is 894. The third-order valence-corrected chi connectivity index (χ3v) is 5.82. The van der Waals surface area contributed by atoms with Gasteiger partial charge in [0.25, 0.3) is 0 Å². The molecule has 172 valence electrons. The van der Waals surface area contributed by atoms with Crippen molar-refractivity contribution in [2.75, 3.05) is 0 Å². The summed E-state index contributed by atoms with van der Waals surface area (Å²) in [5, 5.41) is 3.61. The molecule has 32 heavy (non-hydrogen) atoms. The normalized spacial score (nSPS) is 16.0. The molecule has 3 N–H and O–H groups in total. The van der Waals surface area contributed by atoms with Crippen molar-refractivity contribution in [3.05, 3.63) is 108 Å². The highest BCUT2D eigenvalue weighted by Gasteiger charge is 2.26. The fourth-order valence-electron chi connectivity index (χ4n) is 3.71. The van der Waals surface area contributed by atoms with Crippen LogP contribution < -0.4 is 11.1 Å². The Morgan fingerprint density at radius 2 is 1.84 bits per heavy atom. The molecule has 0 saturated heterocycles. The summed E-state index contributed by atoms with van der Waals surface area (Å²) in [7, 11) is 0. The predicted molar refractivity (Wildman–Crippen MR) is 140 cm³/mol. The summed E-state index contributed by atoms with van der Waals surface area (Å²) in [6.45, 7) is 21.0. The molecule has 1 aromatic rings. The van der Waals surface area contributed by atoms with Crippen LogP contribution in [0.1, 0.15) is 58.9 Å². The van der Waals surface area contributed by atoms with Crippen molar-refractivity contribution in [2.45, 2.75) is 71.4 Å². The zero-order valence-corrected chi connectivity index (χ0v) is 20.5. The van der Waals surface area contributed by atoms with Crippen molar-refractivity contribution >= 4 is 0 Å². The van der Waals surface area contributed by atoms with Crippen LogP contribution in [0.4, 0.5) is 0 Å². The average molecular weight is 432 g/mol. The Morgan fingerprint density at radius 1 is 1.16 bits per heavy atom. The zero-order chi connectivity index (χ0) is 23.7. The van der Waals surface area contributed by atoms with Gasteiger partial charge in [-0.15, -0.1) is 6.58 Å². The first-order valence-electron chi connectivity index (χ1n) is 11.6. The molecule has 0 saturated carbocycles. The van der Waals surface area contributed by atoms with E-state index < -0.39 is 5.54 Å². The number of nitrogens with zero attached hydrogens (tertiary/aromatic N) is 1. The topological polar surface area (TPSA) is 41.3 Å². The Kier molecular flexibility index (Phi) is 9.34. The highest BCUT2D eigenvalue weighted by Crippen LogP contribution is 2.31. The first kappa shape index (κ1) is 25.5. The standard InChI is InChI=1S/C29H41N3/c1-8-26-17-13-18-27(21-20-22(2)3)32(26)23(4)28(31-24(5)29(6,7)30)19-12-16-25-14-10-9-11-15-25/h8-11,13-15,17-18,28,31H,2,4-5,12,16,19-21,30H2,1,3,6-7H3/b26-8-. The van der Waals surface area contributed by atoms with Gasteiger partial charge in [0.2, 0.25) is 0 Å². The molecule has 0 spiro atoms. The summed E-state index contributed by atoms with van der Waals surface area (Å²) in [5.74, 6) is 0. The lowest BCUT2D eigenvalue weighted by Gasteiger charge is -2.38. The molecule has 0 aliphatic carbocycles. The third-order valence-electron chi connectivity index (χ3n) is 5.82. The Labute approximate surface area is 195 Å². The molecule has 2 rings (SSSR count). The Hall–Kier alpha value is -2.78. The van der Waals surface area contributed by atoms with Crippen LogP contribution in [0.3, 0.4) is 0 Å². The maximum Gasteiger partial charge on any atom is 0.0660 e. The van der Waals surface area contributed by atoms with Crippen molar-refractivity contribution in [3.63, 3.8) is 0 Å². The second-order valence-corrected chi connectivity index (χ2v) is 9.29. The Balaban J connectivity index is 2.24. The lowest BCUT2D eigenvalue weighted by atomic mass is 9.97. The molecular formula is C29H41N3. The summed E-state index contributed by atoms with van der Waals surface area (Å²) < 4.78 is 0. The molecule has 0 aromatic heterocycles. The summed E-state index contributed by atoms with van der Waals surface area (Å²) in [6, 6.07) is 10.7. The molecule has 1 atom stereocenters. The molecule has 3 heteroatoms. The van der Waals surface area contributed by atoms with Crippen LogP contribution >= 0.6 is 0 Å². The second-order valence-electron chi connectivity index (χ2n) is 9.29. The van der Waals surface area contributed by atoms with Gasteiger partial charge in [0.05, 0.1) is 6.04 Å². The minimum Gasteiger partial charge on any atom is -0.379 e. The number of nitrogens with two attached hydrogens (primary N) is 1. The molecule has 1 heterocycles. The van der Waals surface area contributed by atoms with E-state index >= 15 is 0 Å². The van der Waals surface area contributed by atoms with Gasteiger partial charge < -0.3 is 16.0 Å². The zero-order valence-electron chi connectivity index (χ0n) is 20.5.